The van der Waals surface area contributed by atoms with Crippen LogP contribution >= 0.6 is 0 Å². The number of hydrogen-bond donors (Lipinski definition) is 0. The van der Waals surface area contributed by atoms with Crippen molar-refractivity contribution in [2.24, 2.45) is 5.92 Å². The second kappa shape index (κ2) is 6.21. The number of hydrogen-bond acceptors (Lipinski definition) is 0. The van der Waals surface area contributed by atoms with Gasteiger partial charge in [-0.1, -0.05) is 92.3 Å². The third-order valence-electron chi connectivity index (χ3n) is 7.03. The summed E-state index contributed by atoms with van der Waals surface area (Å²) >= 11 is 0. The lowest BCUT2D eigenvalue weighted by Crippen LogP contribution is -2.31. The zero-order valence-electron chi connectivity index (χ0n) is 17.3. The normalized spacial score (nSPS) is 29.1. The van der Waals surface area contributed by atoms with Crippen molar-refractivity contribution < 1.29 is 0 Å². The fourth-order valence-corrected chi connectivity index (χ4v) is 5.95. The molecule has 0 aliphatic heterocycles. The Bertz CT molecular complexity index is 1090. The van der Waals surface area contributed by atoms with Gasteiger partial charge in [0.1, 0.15) is 0 Å². The maximum atomic E-state index is 2.45. The molecule has 140 valence electrons. The van der Waals surface area contributed by atoms with Crippen molar-refractivity contribution >= 4 is 5.57 Å². The molecular formula is C28H28. The number of allylic oxidation sites excluding steroid dienone is 8. The largest absolute Gasteiger partial charge is 0.0877 e. The predicted octanol–water partition coefficient (Wildman–Crippen LogP) is 7.26. The third kappa shape index (κ3) is 2.07. The summed E-state index contributed by atoms with van der Waals surface area (Å²) in [6, 6.07) is 16.2. The quantitative estimate of drug-likeness (QED) is 0.499. The van der Waals surface area contributed by atoms with Crippen LogP contribution in [0.2, 0.25) is 0 Å². The molecule has 3 atom stereocenters. The minimum atomic E-state index is -0.115. The van der Waals surface area contributed by atoms with Crippen LogP contribution in [-0.4, -0.2) is 0 Å². The Morgan fingerprint density at radius 2 is 1.86 bits per heavy atom. The highest BCUT2D eigenvalue weighted by molar-refractivity contribution is 5.92. The van der Waals surface area contributed by atoms with Gasteiger partial charge >= 0.3 is 0 Å². The summed E-state index contributed by atoms with van der Waals surface area (Å²) < 4.78 is 0. The molecule has 0 saturated carbocycles. The Morgan fingerprint density at radius 1 is 1.04 bits per heavy atom. The lowest BCUT2D eigenvalue weighted by molar-refractivity contribution is 0.578. The first-order valence-electron chi connectivity index (χ1n) is 10.6. The van der Waals surface area contributed by atoms with E-state index in [4.69, 9.17) is 0 Å². The molecule has 2 aromatic rings. The standard InChI is InChI=1S/C28H28/c1-5-6-13-24-20(4)21-11-7-8-14-25(21)28(24)26-17-18(2)15-16-22(26)23-12-9-10-19(3)27(23)28/h5-9,11-17,19-20H,10H2,1-4H3/b6-5-,24-13+. The molecule has 28 heavy (non-hydrogen) atoms. The van der Waals surface area contributed by atoms with E-state index in [1.54, 1.807) is 5.57 Å². The highest BCUT2D eigenvalue weighted by Crippen LogP contribution is 2.65. The molecule has 5 rings (SSSR count). The van der Waals surface area contributed by atoms with E-state index < -0.39 is 0 Å². The molecule has 0 nitrogen and oxygen atoms in total. The average Bonchev–Trinajstić information content (AvgIpc) is 3.13. The Morgan fingerprint density at radius 3 is 2.68 bits per heavy atom. The van der Waals surface area contributed by atoms with Crippen LogP contribution in [0.3, 0.4) is 0 Å². The first-order chi connectivity index (χ1) is 13.6. The number of fused-ring (bicyclic) bond motifs is 6. The summed E-state index contributed by atoms with van der Waals surface area (Å²) in [6.07, 6.45) is 12.7. The van der Waals surface area contributed by atoms with Crippen LogP contribution in [0.15, 0.2) is 84.0 Å². The minimum absolute atomic E-state index is 0.115. The van der Waals surface area contributed by atoms with Gasteiger partial charge in [-0.3, -0.25) is 0 Å². The molecule has 0 heteroatoms. The lowest BCUT2D eigenvalue weighted by Gasteiger charge is -2.37. The molecule has 2 aromatic carbocycles. The Kier molecular flexibility index (Phi) is 3.88. The van der Waals surface area contributed by atoms with E-state index in [9.17, 15) is 0 Å². The van der Waals surface area contributed by atoms with Gasteiger partial charge in [-0.25, -0.2) is 0 Å². The van der Waals surface area contributed by atoms with E-state index in [2.05, 4.69) is 101 Å². The number of benzene rings is 2. The van der Waals surface area contributed by atoms with Gasteiger partial charge in [0.15, 0.2) is 0 Å². The van der Waals surface area contributed by atoms with E-state index in [1.165, 1.54) is 39.0 Å². The van der Waals surface area contributed by atoms with E-state index in [-0.39, 0.29) is 5.41 Å². The maximum Gasteiger partial charge on any atom is 0.0650 e. The van der Waals surface area contributed by atoms with Crippen LogP contribution < -0.4 is 0 Å². The maximum absolute atomic E-state index is 2.45. The smallest absolute Gasteiger partial charge is 0.0650 e. The van der Waals surface area contributed by atoms with Crippen molar-refractivity contribution in [1.29, 1.82) is 0 Å². The van der Waals surface area contributed by atoms with E-state index in [0.29, 0.717) is 11.8 Å². The third-order valence-corrected chi connectivity index (χ3v) is 7.03. The number of aryl methyl sites for hydroxylation is 1. The van der Waals surface area contributed by atoms with Crippen LogP contribution in [0.1, 0.15) is 60.9 Å². The summed E-state index contributed by atoms with van der Waals surface area (Å²) in [4.78, 5) is 0. The monoisotopic (exact) mass is 364 g/mol. The molecule has 0 heterocycles. The fourth-order valence-electron chi connectivity index (χ4n) is 5.95. The van der Waals surface area contributed by atoms with Crippen LogP contribution in [0.4, 0.5) is 0 Å². The molecule has 0 bridgehead atoms. The molecule has 0 aromatic heterocycles. The molecule has 0 saturated heterocycles. The van der Waals surface area contributed by atoms with Crippen molar-refractivity contribution in [3.05, 3.63) is 112 Å². The molecule has 0 fully saturated rings. The second-order valence-electron chi connectivity index (χ2n) is 8.62. The van der Waals surface area contributed by atoms with Gasteiger partial charge in [0, 0.05) is 5.92 Å². The molecule has 3 unspecified atom stereocenters. The summed E-state index contributed by atoms with van der Waals surface area (Å²) in [7, 11) is 0. The summed E-state index contributed by atoms with van der Waals surface area (Å²) in [5, 5.41) is 0. The molecule has 0 N–H and O–H groups in total. The minimum Gasteiger partial charge on any atom is -0.0877 e. The van der Waals surface area contributed by atoms with Crippen molar-refractivity contribution in [2.75, 3.05) is 0 Å². The SMILES string of the molecule is C/C=C\C=C1/C(C)c2ccccc2C12C1=C(C=CCC1C)c1ccc(C)cc12. The van der Waals surface area contributed by atoms with Crippen LogP contribution in [0, 0.1) is 12.8 Å². The van der Waals surface area contributed by atoms with Crippen LogP contribution in [-0.2, 0) is 5.41 Å². The highest BCUT2D eigenvalue weighted by atomic mass is 14.6. The molecule has 0 amide bonds. The summed E-state index contributed by atoms with van der Waals surface area (Å²) in [6.45, 7) is 9.14. The van der Waals surface area contributed by atoms with Crippen molar-refractivity contribution in [3.63, 3.8) is 0 Å². The van der Waals surface area contributed by atoms with Crippen LogP contribution in [0.5, 0.6) is 0 Å². The Labute approximate surface area is 169 Å². The zero-order chi connectivity index (χ0) is 19.5. The molecule has 0 radical (unpaired) electrons. The molecule has 3 aliphatic rings. The highest BCUT2D eigenvalue weighted by Gasteiger charge is 2.55. The first kappa shape index (κ1) is 17.5. The summed E-state index contributed by atoms with van der Waals surface area (Å²) in [5.41, 5.74) is 11.7. The molecule has 1 spiro atoms. The molecular weight excluding hydrogens is 336 g/mol. The van der Waals surface area contributed by atoms with Gasteiger partial charge in [0.05, 0.1) is 5.41 Å². The topological polar surface area (TPSA) is 0 Å². The second-order valence-corrected chi connectivity index (χ2v) is 8.62. The van der Waals surface area contributed by atoms with Gasteiger partial charge in [-0.2, -0.15) is 0 Å². The van der Waals surface area contributed by atoms with Crippen LogP contribution in [0.25, 0.3) is 5.57 Å². The lowest BCUT2D eigenvalue weighted by atomic mass is 9.64. The average molecular weight is 365 g/mol. The predicted molar refractivity (Wildman–Crippen MR) is 120 cm³/mol. The Balaban J connectivity index is 1.97. The first-order valence-corrected chi connectivity index (χ1v) is 10.6. The molecule has 3 aliphatic carbocycles. The van der Waals surface area contributed by atoms with E-state index in [1.807, 2.05) is 0 Å². The van der Waals surface area contributed by atoms with Gasteiger partial charge in [0.25, 0.3) is 0 Å². The van der Waals surface area contributed by atoms with Crippen molar-refractivity contribution in [3.8, 4) is 0 Å². The van der Waals surface area contributed by atoms with Gasteiger partial charge in [-0.05, 0) is 65.2 Å². The summed E-state index contributed by atoms with van der Waals surface area (Å²) in [5.74, 6) is 0.964. The number of rotatable bonds is 1. The van der Waals surface area contributed by atoms with Crippen molar-refractivity contribution in [2.45, 2.75) is 45.4 Å². The zero-order valence-corrected chi connectivity index (χ0v) is 17.3. The Hall–Kier alpha value is -2.60. The van der Waals surface area contributed by atoms with Gasteiger partial charge < -0.3 is 0 Å². The fraction of sp³-hybridized carbons (Fsp3) is 0.286. The van der Waals surface area contributed by atoms with E-state index in [0.717, 1.165) is 6.42 Å². The van der Waals surface area contributed by atoms with Gasteiger partial charge in [0.2, 0.25) is 0 Å². The van der Waals surface area contributed by atoms with Crippen molar-refractivity contribution in [1.82, 2.24) is 0 Å². The van der Waals surface area contributed by atoms with Gasteiger partial charge in [-0.15, -0.1) is 0 Å². The van der Waals surface area contributed by atoms with E-state index >= 15 is 0 Å².